The largest absolute Gasteiger partial charge is 0.388 e. The van der Waals surface area contributed by atoms with Crippen molar-refractivity contribution in [2.45, 2.75) is 18.9 Å². The second-order valence-corrected chi connectivity index (χ2v) is 5.16. The first-order valence-electron chi connectivity index (χ1n) is 6.00. The second-order valence-electron chi connectivity index (χ2n) is 4.75. The van der Waals surface area contributed by atoms with E-state index in [0.717, 1.165) is 0 Å². The summed E-state index contributed by atoms with van der Waals surface area (Å²) in [6.45, 7) is 1.50. The molecule has 18 heavy (non-hydrogen) atoms. The molecule has 1 unspecified atom stereocenters. The van der Waals surface area contributed by atoms with Gasteiger partial charge in [-0.1, -0.05) is 17.7 Å². The van der Waals surface area contributed by atoms with Crippen LogP contribution in [0.4, 0.5) is 4.39 Å². The molecule has 1 aliphatic rings. The summed E-state index contributed by atoms with van der Waals surface area (Å²) >= 11 is 5.64. The molecule has 3 nitrogen and oxygen atoms in total. The average Bonchev–Trinajstić information content (AvgIpc) is 2.42. The number of hydrogen-bond acceptors (Lipinski definition) is 3. The fraction of sp³-hybridized carbons (Fsp3) is 0.538. The fourth-order valence-corrected chi connectivity index (χ4v) is 2.52. The Morgan fingerprint density at radius 2 is 2.11 bits per heavy atom. The van der Waals surface area contributed by atoms with Crippen LogP contribution in [0.2, 0.25) is 5.02 Å². The lowest BCUT2D eigenvalue weighted by atomic mass is 9.73. The second kappa shape index (κ2) is 5.53. The molecule has 1 aliphatic heterocycles. The molecular formula is C13H17ClFNO2. The van der Waals surface area contributed by atoms with Crippen LogP contribution >= 0.6 is 11.6 Å². The zero-order valence-electron chi connectivity index (χ0n) is 10.0. The SMILES string of the molecule is NCC1(C(O)c2ccc(Cl)c(F)c2)CCOCC1. The van der Waals surface area contributed by atoms with E-state index in [1.54, 1.807) is 6.07 Å². The van der Waals surface area contributed by atoms with E-state index in [2.05, 4.69) is 0 Å². The molecule has 0 spiro atoms. The predicted molar refractivity (Wildman–Crippen MR) is 67.9 cm³/mol. The molecule has 1 aromatic rings. The van der Waals surface area contributed by atoms with Gasteiger partial charge in [-0.2, -0.15) is 0 Å². The maximum atomic E-state index is 13.4. The van der Waals surface area contributed by atoms with Gasteiger partial charge in [-0.3, -0.25) is 0 Å². The molecule has 0 aromatic heterocycles. The van der Waals surface area contributed by atoms with E-state index in [1.165, 1.54) is 12.1 Å². The van der Waals surface area contributed by atoms with Gasteiger partial charge in [0.25, 0.3) is 0 Å². The van der Waals surface area contributed by atoms with Crippen molar-refractivity contribution in [2.24, 2.45) is 11.1 Å². The lowest BCUT2D eigenvalue weighted by Crippen LogP contribution is -2.41. The van der Waals surface area contributed by atoms with Crippen molar-refractivity contribution in [1.29, 1.82) is 0 Å². The Morgan fingerprint density at radius 1 is 1.44 bits per heavy atom. The summed E-state index contributed by atoms with van der Waals surface area (Å²) in [5.41, 5.74) is 5.89. The number of ether oxygens (including phenoxy) is 1. The minimum Gasteiger partial charge on any atom is -0.388 e. The molecule has 0 amide bonds. The van der Waals surface area contributed by atoms with Crippen LogP contribution in [-0.2, 0) is 4.74 Å². The van der Waals surface area contributed by atoms with Crippen molar-refractivity contribution in [3.8, 4) is 0 Å². The normalized spacial score (nSPS) is 20.7. The molecule has 1 aromatic carbocycles. The van der Waals surface area contributed by atoms with Crippen LogP contribution in [-0.4, -0.2) is 24.9 Å². The van der Waals surface area contributed by atoms with Gasteiger partial charge in [-0.15, -0.1) is 0 Å². The first-order valence-corrected chi connectivity index (χ1v) is 6.38. The van der Waals surface area contributed by atoms with Crippen LogP contribution in [0.25, 0.3) is 0 Å². The Balaban J connectivity index is 2.27. The minimum atomic E-state index is -0.793. The minimum absolute atomic E-state index is 0.0553. The Bertz CT molecular complexity index is 421. The van der Waals surface area contributed by atoms with Crippen LogP contribution in [0.5, 0.6) is 0 Å². The number of halogens is 2. The molecule has 1 fully saturated rings. The molecule has 0 bridgehead atoms. The van der Waals surface area contributed by atoms with Crippen molar-refractivity contribution in [3.63, 3.8) is 0 Å². The molecule has 0 radical (unpaired) electrons. The summed E-state index contributed by atoms with van der Waals surface area (Å²) in [7, 11) is 0. The highest BCUT2D eigenvalue weighted by Gasteiger charge is 2.39. The number of aliphatic hydroxyl groups excluding tert-OH is 1. The predicted octanol–water partition coefficient (Wildman–Crippen LogP) is 2.27. The van der Waals surface area contributed by atoms with Gasteiger partial charge in [0.05, 0.1) is 11.1 Å². The van der Waals surface area contributed by atoms with E-state index < -0.39 is 17.3 Å². The van der Waals surface area contributed by atoms with Gasteiger partial charge in [0.2, 0.25) is 0 Å². The number of aliphatic hydroxyl groups is 1. The van der Waals surface area contributed by atoms with Gasteiger partial charge in [0, 0.05) is 25.2 Å². The summed E-state index contributed by atoms with van der Waals surface area (Å²) in [5, 5.41) is 10.5. The van der Waals surface area contributed by atoms with E-state index in [9.17, 15) is 9.50 Å². The highest BCUT2D eigenvalue weighted by atomic mass is 35.5. The maximum Gasteiger partial charge on any atom is 0.142 e. The number of benzene rings is 1. The molecule has 3 N–H and O–H groups in total. The Hall–Kier alpha value is -0.680. The highest BCUT2D eigenvalue weighted by Crippen LogP contribution is 2.42. The van der Waals surface area contributed by atoms with Crippen LogP contribution in [0.1, 0.15) is 24.5 Å². The molecule has 1 saturated heterocycles. The smallest absolute Gasteiger partial charge is 0.142 e. The van der Waals surface area contributed by atoms with E-state index in [0.29, 0.717) is 38.2 Å². The van der Waals surface area contributed by atoms with Crippen LogP contribution < -0.4 is 5.73 Å². The number of hydrogen-bond donors (Lipinski definition) is 2. The van der Waals surface area contributed by atoms with Gasteiger partial charge in [-0.05, 0) is 30.5 Å². The highest BCUT2D eigenvalue weighted by molar-refractivity contribution is 6.30. The van der Waals surface area contributed by atoms with Gasteiger partial charge >= 0.3 is 0 Å². The van der Waals surface area contributed by atoms with Crippen molar-refractivity contribution >= 4 is 11.6 Å². The maximum absolute atomic E-state index is 13.4. The zero-order chi connectivity index (χ0) is 13.2. The number of nitrogens with two attached hydrogens (primary N) is 1. The Kier molecular flexibility index (Phi) is 4.22. The summed E-state index contributed by atoms with van der Waals surface area (Å²) in [5.74, 6) is -0.521. The van der Waals surface area contributed by atoms with E-state index in [4.69, 9.17) is 22.1 Å². The van der Waals surface area contributed by atoms with Gasteiger partial charge < -0.3 is 15.6 Å². The van der Waals surface area contributed by atoms with Gasteiger partial charge in [0.1, 0.15) is 5.82 Å². The van der Waals surface area contributed by atoms with Crippen LogP contribution in [0.15, 0.2) is 18.2 Å². The first-order chi connectivity index (χ1) is 8.59. The Morgan fingerprint density at radius 3 is 2.67 bits per heavy atom. The van der Waals surface area contributed by atoms with Crippen molar-refractivity contribution in [2.75, 3.05) is 19.8 Å². The average molecular weight is 274 g/mol. The standard InChI is InChI=1S/C13H17ClFNO2/c14-10-2-1-9(7-11(10)15)12(17)13(8-16)3-5-18-6-4-13/h1-2,7,12,17H,3-6,8,16H2. The van der Waals surface area contributed by atoms with Gasteiger partial charge in [0.15, 0.2) is 0 Å². The topological polar surface area (TPSA) is 55.5 Å². The number of rotatable bonds is 3. The third kappa shape index (κ3) is 2.52. The summed E-state index contributed by atoms with van der Waals surface area (Å²) in [4.78, 5) is 0. The molecule has 2 rings (SSSR count). The van der Waals surface area contributed by atoms with Crippen molar-refractivity contribution in [3.05, 3.63) is 34.6 Å². The lowest BCUT2D eigenvalue weighted by Gasteiger charge is -2.40. The summed E-state index contributed by atoms with van der Waals surface area (Å²) < 4.78 is 18.7. The van der Waals surface area contributed by atoms with Gasteiger partial charge in [-0.25, -0.2) is 4.39 Å². The zero-order valence-corrected chi connectivity index (χ0v) is 10.8. The lowest BCUT2D eigenvalue weighted by molar-refractivity contribution is -0.0582. The third-order valence-corrected chi connectivity index (χ3v) is 4.04. The summed E-state index contributed by atoms with van der Waals surface area (Å²) in [6, 6.07) is 4.38. The molecule has 0 aliphatic carbocycles. The van der Waals surface area contributed by atoms with Crippen LogP contribution in [0.3, 0.4) is 0 Å². The first kappa shape index (κ1) is 13.7. The molecule has 0 saturated carbocycles. The Labute approximate surface area is 111 Å². The van der Waals surface area contributed by atoms with E-state index in [1.807, 2.05) is 0 Å². The van der Waals surface area contributed by atoms with E-state index >= 15 is 0 Å². The molecule has 1 heterocycles. The molecule has 100 valence electrons. The third-order valence-electron chi connectivity index (χ3n) is 3.73. The summed E-state index contributed by atoms with van der Waals surface area (Å²) in [6.07, 6.45) is 0.558. The van der Waals surface area contributed by atoms with Crippen molar-refractivity contribution < 1.29 is 14.2 Å². The van der Waals surface area contributed by atoms with Crippen molar-refractivity contribution in [1.82, 2.24) is 0 Å². The monoisotopic (exact) mass is 273 g/mol. The fourth-order valence-electron chi connectivity index (χ4n) is 2.40. The molecule has 1 atom stereocenters. The van der Waals surface area contributed by atoms with Crippen LogP contribution in [0, 0.1) is 11.2 Å². The van der Waals surface area contributed by atoms with E-state index in [-0.39, 0.29) is 5.02 Å². The quantitative estimate of drug-likeness (QED) is 0.888. The molecule has 5 heteroatoms. The molecular weight excluding hydrogens is 257 g/mol.